The highest BCUT2D eigenvalue weighted by molar-refractivity contribution is 5.85. The van der Waals surface area contributed by atoms with Gasteiger partial charge in [0.2, 0.25) is 5.91 Å². The van der Waals surface area contributed by atoms with Crippen molar-refractivity contribution in [2.75, 3.05) is 12.4 Å². The van der Waals surface area contributed by atoms with Crippen molar-refractivity contribution < 1.29 is 14.3 Å². The number of likely N-dealkylation sites (N-methyl/N-ethyl adjacent to an activating group) is 1. The van der Waals surface area contributed by atoms with Crippen molar-refractivity contribution in [3.05, 3.63) is 29.8 Å². The predicted molar refractivity (Wildman–Crippen MR) is 74.1 cm³/mol. The summed E-state index contributed by atoms with van der Waals surface area (Å²) in [5, 5.41) is 5.19. The monoisotopic (exact) mass is 264 g/mol. The van der Waals surface area contributed by atoms with E-state index in [0.29, 0.717) is 12.1 Å². The quantitative estimate of drug-likeness (QED) is 0.880. The third kappa shape index (κ3) is 5.90. The molecule has 0 saturated carbocycles. The van der Waals surface area contributed by atoms with Crippen molar-refractivity contribution in [1.29, 1.82) is 0 Å². The summed E-state index contributed by atoms with van der Waals surface area (Å²) in [7, 11) is 1.60. The molecule has 0 unspecified atom stereocenters. The van der Waals surface area contributed by atoms with Crippen LogP contribution in [0.15, 0.2) is 24.3 Å². The zero-order valence-corrected chi connectivity index (χ0v) is 11.7. The fourth-order valence-electron chi connectivity index (χ4n) is 1.40. The van der Waals surface area contributed by atoms with Gasteiger partial charge in [0.15, 0.2) is 0 Å². The average Bonchev–Trinajstić information content (AvgIpc) is 2.29. The largest absolute Gasteiger partial charge is 0.444 e. The van der Waals surface area contributed by atoms with Gasteiger partial charge in [-0.05, 0) is 38.5 Å². The first kappa shape index (κ1) is 15.0. The molecule has 0 spiro atoms. The highest BCUT2D eigenvalue weighted by Gasteiger charge is 2.16. The number of hydrogen-bond donors (Lipinski definition) is 2. The first-order chi connectivity index (χ1) is 8.80. The van der Waals surface area contributed by atoms with Crippen LogP contribution in [-0.2, 0) is 16.0 Å². The Labute approximate surface area is 113 Å². The maximum Gasteiger partial charge on any atom is 0.412 e. The molecule has 5 heteroatoms. The Morgan fingerprint density at radius 3 is 2.21 bits per heavy atom. The molecule has 0 aromatic heterocycles. The lowest BCUT2D eigenvalue weighted by atomic mass is 10.1. The van der Waals surface area contributed by atoms with Gasteiger partial charge >= 0.3 is 6.09 Å². The van der Waals surface area contributed by atoms with E-state index in [0.717, 1.165) is 5.56 Å². The lowest BCUT2D eigenvalue weighted by Crippen LogP contribution is -2.27. The van der Waals surface area contributed by atoms with Gasteiger partial charge in [-0.15, -0.1) is 0 Å². The first-order valence-electron chi connectivity index (χ1n) is 6.09. The topological polar surface area (TPSA) is 67.4 Å². The third-order valence-electron chi connectivity index (χ3n) is 2.24. The van der Waals surface area contributed by atoms with Crippen LogP contribution in [0.1, 0.15) is 26.3 Å². The number of carbonyl (C=O) groups excluding carboxylic acids is 2. The van der Waals surface area contributed by atoms with E-state index in [1.165, 1.54) is 0 Å². The third-order valence-corrected chi connectivity index (χ3v) is 2.24. The predicted octanol–water partition coefficient (Wildman–Crippen LogP) is 2.32. The van der Waals surface area contributed by atoms with Crippen LogP contribution >= 0.6 is 0 Å². The minimum absolute atomic E-state index is 0.0483. The normalized spacial score (nSPS) is 10.7. The zero-order valence-electron chi connectivity index (χ0n) is 11.7. The summed E-state index contributed by atoms with van der Waals surface area (Å²) in [4.78, 5) is 22.7. The molecule has 104 valence electrons. The Kier molecular flexibility index (Phi) is 4.92. The van der Waals surface area contributed by atoms with Crippen LogP contribution in [0.3, 0.4) is 0 Å². The summed E-state index contributed by atoms with van der Waals surface area (Å²) >= 11 is 0. The molecule has 0 radical (unpaired) electrons. The summed E-state index contributed by atoms with van der Waals surface area (Å²) in [6.07, 6.45) is -0.171. The Balaban J connectivity index is 2.57. The summed E-state index contributed by atoms with van der Waals surface area (Å²) in [5.41, 5.74) is 0.993. The van der Waals surface area contributed by atoms with Gasteiger partial charge in [0.05, 0.1) is 6.42 Å². The smallest absolute Gasteiger partial charge is 0.412 e. The van der Waals surface area contributed by atoms with Crippen LogP contribution in [0, 0.1) is 0 Å². The fraction of sp³-hybridized carbons (Fsp3) is 0.429. The van der Waals surface area contributed by atoms with Crippen LogP contribution in [0.5, 0.6) is 0 Å². The molecule has 0 heterocycles. The van der Waals surface area contributed by atoms with E-state index in [2.05, 4.69) is 10.6 Å². The zero-order chi connectivity index (χ0) is 14.5. The summed E-state index contributed by atoms with van der Waals surface area (Å²) in [5.74, 6) is -0.0483. The van der Waals surface area contributed by atoms with E-state index in [1.807, 2.05) is 0 Å². The van der Waals surface area contributed by atoms with Crippen LogP contribution < -0.4 is 10.6 Å². The maximum atomic E-state index is 11.5. The summed E-state index contributed by atoms with van der Waals surface area (Å²) in [6.45, 7) is 5.41. The van der Waals surface area contributed by atoms with Crippen molar-refractivity contribution in [3.63, 3.8) is 0 Å². The van der Waals surface area contributed by atoms with Crippen molar-refractivity contribution in [3.8, 4) is 0 Å². The second-order valence-electron chi connectivity index (χ2n) is 5.17. The second kappa shape index (κ2) is 6.22. The number of ether oxygens (including phenoxy) is 1. The van der Waals surface area contributed by atoms with E-state index in [4.69, 9.17) is 4.74 Å². The number of rotatable bonds is 3. The molecular weight excluding hydrogens is 244 g/mol. The second-order valence-corrected chi connectivity index (χ2v) is 5.17. The first-order valence-corrected chi connectivity index (χ1v) is 6.09. The van der Waals surface area contributed by atoms with Gasteiger partial charge in [-0.2, -0.15) is 0 Å². The number of nitrogens with one attached hydrogen (secondary N) is 2. The molecule has 0 aliphatic rings. The molecule has 2 amide bonds. The van der Waals surface area contributed by atoms with Crippen LogP contribution in [0.2, 0.25) is 0 Å². The number of benzene rings is 1. The molecule has 0 aliphatic carbocycles. The molecule has 0 atom stereocenters. The lowest BCUT2D eigenvalue weighted by Gasteiger charge is -2.19. The Morgan fingerprint density at radius 1 is 1.16 bits per heavy atom. The van der Waals surface area contributed by atoms with E-state index in [9.17, 15) is 9.59 Å². The SMILES string of the molecule is CNC(=O)Cc1ccc(NC(=O)OC(C)(C)C)cc1. The molecule has 0 fully saturated rings. The lowest BCUT2D eigenvalue weighted by molar-refractivity contribution is -0.119. The van der Waals surface area contributed by atoms with Crippen molar-refractivity contribution in [2.45, 2.75) is 32.8 Å². The molecule has 0 aliphatic heterocycles. The highest BCUT2D eigenvalue weighted by atomic mass is 16.6. The maximum absolute atomic E-state index is 11.5. The van der Waals surface area contributed by atoms with Crippen molar-refractivity contribution in [2.24, 2.45) is 0 Å². The van der Waals surface area contributed by atoms with Crippen molar-refractivity contribution in [1.82, 2.24) is 5.32 Å². The van der Waals surface area contributed by atoms with Crippen molar-refractivity contribution >= 4 is 17.7 Å². The van der Waals surface area contributed by atoms with Gasteiger partial charge < -0.3 is 10.1 Å². The molecule has 0 bridgehead atoms. The number of anilines is 1. The Morgan fingerprint density at radius 2 is 1.74 bits per heavy atom. The summed E-state index contributed by atoms with van der Waals surface area (Å²) in [6, 6.07) is 7.06. The summed E-state index contributed by atoms with van der Waals surface area (Å²) < 4.78 is 5.14. The average molecular weight is 264 g/mol. The van der Waals surface area contributed by atoms with E-state index in [1.54, 1.807) is 52.1 Å². The van der Waals surface area contributed by atoms with Gasteiger partial charge in [-0.3, -0.25) is 10.1 Å². The molecular formula is C14H20N2O3. The standard InChI is InChI=1S/C14H20N2O3/c1-14(2,3)19-13(18)16-11-7-5-10(6-8-11)9-12(17)15-4/h5-8H,9H2,1-4H3,(H,15,17)(H,16,18). The van der Waals surface area contributed by atoms with E-state index < -0.39 is 11.7 Å². The van der Waals surface area contributed by atoms with Gasteiger partial charge in [0.25, 0.3) is 0 Å². The number of carbonyl (C=O) groups is 2. The van der Waals surface area contributed by atoms with E-state index in [-0.39, 0.29) is 5.91 Å². The molecule has 1 aromatic rings. The van der Waals surface area contributed by atoms with Crippen LogP contribution in [0.4, 0.5) is 10.5 Å². The minimum Gasteiger partial charge on any atom is -0.444 e. The molecule has 19 heavy (non-hydrogen) atoms. The van der Waals surface area contributed by atoms with Crippen LogP contribution in [-0.4, -0.2) is 24.6 Å². The Hall–Kier alpha value is -2.04. The molecule has 2 N–H and O–H groups in total. The fourth-order valence-corrected chi connectivity index (χ4v) is 1.40. The minimum atomic E-state index is -0.525. The van der Waals surface area contributed by atoms with Crippen LogP contribution in [0.25, 0.3) is 0 Å². The number of amides is 2. The highest BCUT2D eigenvalue weighted by Crippen LogP contribution is 2.13. The number of hydrogen-bond acceptors (Lipinski definition) is 3. The van der Waals surface area contributed by atoms with Gasteiger partial charge in [0.1, 0.15) is 5.60 Å². The molecule has 0 saturated heterocycles. The van der Waals surface area contributed by atoms with Gasteiger partial charge in [-0.1, -0.05) is 12.1 Å². The van der Waals surface area contributed by atoms with E-state index >= 15 is 0 Å². The molecule has 5 nitrogen and oxygen atoms in total. The van der Waals surface area contributed by atoms with Gasteiger partial charge in [-0.25, -0.2) is 4.79 Å². The molecule has 1 aromatic carbocycles. The Bertz CT molecular complexity index is 447. The molecule has 1 rings (SSSR count). The van der Waals surface area contributed by atoms with Gasteiger partial charge in [0, 0.05) is 12.7 Å².